The van der Waals surface area contributed by atoms with Gasteiger partial charge in [0.15, 0.2) is 0 Å². The largest absolute Gasteiger partial charge is 0.393 e. The van der Waals surface area contributed by atoms with Gasteiger partial charge in [0.1, 0.15) is 0 Å². The lowest BCUT2D eigenvalue weighted by Gasteiger charge is -2.64. The van der Waals surface area contributed by atoms with Gasteiger partial charge < -0.3 is 15.1 Å². The molecule has 1 unspecified atom stereocenters. The number of fused-ring (bicyclic) bond motifs is 5. The number of hydrogen-bond donors (Lipinski definition) is 4. The average Bonchev–Trinajstić information content (AvgIpc) is 3.26. The van der Waals surface area contributed by atoms with Gasteiger partial charge in [0.25, 0.3) is 0 Å². The summed E-state index contributed by atoms with van der Waals surface area (Å²) in [5.74, 6) is 3.05. The zero-order chi connectivity index (χ0) is 22.0. The highest BCUT2D eigenvalue weighted by molar-refractivity contribution is 5.80. The summed E-state index contributed by atoms with van der Waals surface area (Å²) >= 11 is 0. The van der Waals surface area contributed by atoms with Crippen LogP contribution in [0.2, 0.25) is 0 Å². The third-order valence-corrected chi connectivity index (χ3v) is 11.0. The van der Waals surface area contributed by atoms with Crippen molar-refractivity contribution in [3.05, 3.63) is 0 Å². The van der Waals surface area contributed by atoms with Crippen LogP contribution in [-0.2, 0) is 0 Å². The van der Waals surface area contributed by atoms with Gasteiger partial charge in [0.05, 0.1) is 18.2 Å². The number of rotatable bonds is 3. The fourth-order valence-corrected chi connectivity index (χ4v) is 8.99. The van der Waals surface area contributed by atoms with Crippen LogP contribution in [0.15, 0.2) is 4.99 Å². The first kappa shape index (κ1) is 22.0. The van der Waals surface area contributed by atoms with E-state index in [-0.39, 0.29) is 17.6 Å². The molecule has 31 heavy (non-hydrogen) atoms. The van der Waals surface area contributed by atoms with E-state index in [1.165, 1.54) is 12.8 Å². The Morgan fingerprint density at radius 2 is 1.87 bits per heavy atom. The van der Waals surface area contributed by atoms with Crippen LogP contribution in [0.25, 0.3) is 0 Å². The number of nitrogens with zero attached hydrogens (tertiary/aromatic N) is 2. The summed E-state index contributed by atoms with van der Waals surface area (Å²) in [7, 11) is 2.07. The van der Waals surface area contributed by atoms with E-state index in [0.29, 0.717) is 29.1 Å². The van der Waals surface area contributed by atoms with Crippen molar-refractivity contribution in [1.82, 2.24) is 15.8 Å². The lowest BCUT2D eigenvalue weighted by molar-refractivity contribution is -0.211. The predicted molar refractivity (Wildman–Crippen MR) is 123 cm³/mol. The van der Waals surface area contributed by atoms with Gasteiger partial charge >= 0.3 is 0 Å². The molecule has 1 heterocycles. The maximum absolute atomic E-state index is 12.3. The van der Waals surface area contributed by atoms with Gasteiger partial charge in [-0.15, -0.1) is 0 Å². The molecule has 4 N–H and O–H groups in total. The number of aliphatic hydroxyl groups excluding tert-OH is 1. The van der Waals surface area contributed by atoms with Crippen molar-refractivity contribution in [3.63, 3.8) is 0 Å². The number of likely N-dealkylation sites (N-methyl/N-ethyl adjacent to an activating group) is 1. The summed E-state index contributed by atoms with van der Waals surface area (Å²) in [4.78, 5) is 6.69. The number of guanidine groups is 1. The minimum absolute atomic E-state index is 0.0387. The molecule has 0 aromatic carbocycles. The summed E-state index contributed by atoms with van der Waals surface area (Å²) in [6.45, 7) is 8.98. The minimum atomic E-state index is -0.553. The molecule has 5 aliphatic rings. The lowest BCUT2D eigenvalue weighted by Crippen LogP contribution is -2.63. The Kier molecular flexibility index (Phi) is 5.38. The van der Waals surface area contributed by atoms with Crippen molar-refractivity contribution >= 4 is 5.96 Å². The molecule has 6 nitrogen and oxygen atoms in total. The second kappa shape index (κ2) is 7.59. The first-order valence-corrected chi connectivity index (χ1v) is 12.9. The van der Waals surface area contributed by atoms with E-state index in [9.17, 15) is 10.2 Å². The van der Waals surface area contributed by atoms with Gasteiger partial charge in [-0.05, 0) is 93.8 Å². The number of aliphatic hydroxyl groups is 2. The molecule has 0 saturated heterocycles. The summed E-state index contributed by atoms with van der Waals surface area (Å²) in [5, 5.41) is 22.6. The average molecular weight is 433 g/mol. The molecule has 4 fully saturated rings. The van der Waals surface area contributed by atoms with Gasteiger partial charge in [-0.2, -0.15) is 0 Å². The van der Waals surface area contributed by atoms with Crippen LogP contribution < -0.4 is 10.9 Å². The van der Waals surface area contributed by atoms with Gasteiger partial charge in [0, 0.05) is 25.0 Å². The molecule has 0 aromatic heterocycles. The Hall–Kier alpha value is -0.850. The second-order valence-electron chi connectivity index (χ2n) is 12.1. The monoisotopic (exact) mass is 432 g/mol. The second-order valence-corrected chi connectivity index (χ2v) is 12.1. The van der Waals surface area contributed by atoms with Crippen molar-refractivity contribution in [3.8, 4) is 0 Å². The van der Waals surface area contributed by atoms with Gasteiger partial charge in [-0.25, -0.2) is 5.43 Å². The molecule has 9 atom stereocenters. The Balaban J connectivity index is 1.33. The highest BCUT2D eigenvalue weighted by Crippen LogP contribution is 2.69. The Labute approximate surface area is 188 Å². The van der Waals surface area contributed by atoms with E-state index in [1.54, 1.807) is 0 Å². The maximum Gasteiger partial charge on any atom is 0.208 e. The summed E-state index contributed by atoms with van der Waals surface area (Å²) < 4.78 is 0. The van der Waals surface area contributed by atoms with Gasteiger partial charge in [0.2, 0.25) is 5.96 Å². The fourth-order valence-electron chi connectivity index (χ4n) is 8.99. The molecule has 5 rings (SSSR count). The summed E-state index contributed by atoms with van der Waals surface area (Å²) in [5.41, 5.74) is 6.61. The van der Waals surface area contributed by atoms with Crippen molar-refractivity contribution < 1.29 is 10.2 Å². The predicted octanol–water partition coefficient (Wildman–Crippen LogP) is 2.91. The third-order valence-electron chi connectivity index (χ3n) is 11.0. The van der Waals surface area contributed by atoms with Crippen LogP contribution >= 0.6 is 0 Å². The Morgan fingerprint density at radius 3 is 2.61 bits per heavy atom. The topological polar surface area (TPSA) is 80.1 Å². The standard InChI is InChI=1S/C25H44N4O2/c1-16(27-28-22-26-13-14-29(22)4)19-9-12-25(31)21-6-5-17-15-18(30)7-10-23(17,2)20(21)8-11-24(19,25)3/h16-21,27,30-31H,5-15H2,1-4H3,(H,26,28)/t16?,17-,18+,19-,20+,21-,23+,24-,25+/m1/s1. The minimum Gasteiger partial charge on any atom is -0.393 e. The first-order chi connectivity index (χ1) is 14.7. The zero-order valence-corrected chi connectivity index (χ0v) is 20.0. The van der Waals surface area contributed by atoms with Crippen molar-refractivity contribution in [2.45, 2.75) is 96.3 Å². The van der Waals surface area contributed by atoms with Crippen LogP contribution in [0.3, 0.4) is 0 Å². The quantitative estimate of drug-likeness (QED) is 0.516. The van der Waals surface area contributed by atoms with Crippen molar-refractivity contribution in [2.24, 2.45) is 39.5 Å². The number of hydrogen-bond acceptors (Lipinski definition) is 6. The number of hydrazine groups is 1. The normalized spacial score (nSPS) is 50.3. The van der Waals surface area contributed by atoms with E-state index >= 15 is 0 Å². The molecule has 0 spiro atoms. The molecule has 0 radical (unpaired) electrons. The fraction of sp³-hybridized carbons (Fsp3) is 0.960. The molecule has 0 aromatic rings. The molecule has 4 aliphatic carbocycles. The Bertz CT molecular complexity index is 730. The highest BCUT2D eigenvalue weighted by Gasteiger charge is 2.67. The third kappa shape index (κ3) is 3.18. The lowest BCUT2D eigenvalue weighted by atomic mass is 9.43. The molecular formula is C25H44N4O2. The number of nitrogens with one attached hydrogen (secondary N) is 2. The zero-order valence-electron chi connectivity index (χ0n) is 20.0. The molecule has 6 heteroatoms. The van der Waals surface area contributed by atoms with Gasteiger partial charge in [-0.3, -0.25) is 10.4 Å². The van der Waals surface area contributed by atoms with E-state index < -0.39 is 5.60 Å². The maximum atomic E-state index is 12.3. The van der Waals surface area contributed by atoms with Crippen LogP contribution in [0.4, 0.5) is 0 Å². The van der Waals surface area contributed by atoms with E-state index in [0.717, 1.165) is 64.0 Å². The van der Waals surface area contributed by atoms with Crippen LogP contribution in [0.5, 0.6) is 0 Å². The molecular weight excluding hydrogens is 388 g/mol. The highest BCUT2D eigenvalue weighted by atomic mass is 16.3. The summed E-state index contributed by atoms with van der Waals surface area (Å²) in [6, 6.07) is 0.282. The first-order valence-electron chi connectivity index (χ1n) is 12.9. The molecule has 0 bridgehead atoms. The molecule has 176 valence electrons. The smallest absolute Gasteiger partial charge is 0.208 e. The van der Waals surface area contributed by atoms with Crippen LogP contribution in [0.1, 0.15) is 78.6 Å². The van der Waals surface area contributed by atoms with Crippen molar-refractivity contribution in [1.29, 1.82) is 0 Å². The van der Waals surface area contributed by atoms with E-state index in [2.05, 4.69) is 48.6 Å². The van der Waals surface area contributed by atoms with Crippen molar-refractivity contribution in [2.75, 3.05) is 20.1 Å². The summed E-state index contributed by atoms with van der Waals surface area (Å²) in [6.07, 6.45) is 9.64. The molecule has 1 aliphatic heterocycles. The molecule has 0 amide bonds. The number of aliphatic imine (C=N–C) groups is 1. The van der Waals surface area contributed by atoms with Crippen LogP contribution in [-0.4, -0.2) is 59.0 Å². The van der Waals surface area contributed by atoms with Crippen LogP contribution in [0, 0.1) is 34.5 Å². The SMILES string of the molecule is CC(NNC1=NCCN1C)[C@H]1CC[C@]2(O)[C@@H]3CC[C@@H]4C[C@@H](O)CC[C@]4(C)[C@H]3CC[C@]12C. The van der Waals surface area contributed by atoms with E-state index in [4.69, 9.17) is 0 Å². The van der Waals surface area contributed by atoms with E-state index in [1.807, 2.05) is 0 Å². The molecule has 4 saturated carbocycles. The Morgan fingerprint density at radius 1 is 1.06 bits per heavy atom. The van der Waals surface area contributed by atoms with Gasteiger partial charge in [-0.1, -0.05) is 13.8 Å².